The first-order valence-corrected chi connectivity index (χ1v) is 4.38. The van der Waals surface area contributed by atoms with Gasteiger partial charge in [0.2, 0.25) is 0 Å². The topological polar surface area (TPSA) is 29.5 Å². The number of aliphatic hydroxyl groups excluding tert-OH is 1. The van der Waals surface area contributed by atoms with Crippen LogP contribution in [0.25, 0.3) is 0 Å². The van der Waals surface area contributed by atoms with Crippen LogP contribution in [0, 0.1) is 17.8 Å². The van der Waals surface area contributed by atoms with Crippen LogP contribution in [0.1, 0.15) is 20.8 Å². The highest BCUT2D eigenvalue weighted by molar-refractivity contribution is 4.79. The van der Waals surface area contributed by atoms with Crippen molar-refractivity contribution in [3.8, 4) is 0 Å². The molecule has 11 heavy (non-hydrogen) atoms. The zero-order valence-electron chi connectivity index (χ0n) is 7.58. The molecular formula is C9H18O2. The number of rotatable bonds is 1. The van der Waals surface area contributed by atoms with E-state index in [0.29, 0.717) is 24.4 Å². The van der Waals surface area contributed by atoms with Gasteiger partial charge in [-0.1, -0.05) is 20.8 Å². The maximum absolute atomic E-state index is 9.58. The molecule has 0 aromatic rings. The van der Waals surface area contributed by atoms with Crippen LogP contribution in [0.15, 0.2) is 0 Å². The summed E-state index contributed by atoms with van der Waals surface area (Å²) in [6.45, 7) is 7.80. The van der Waals surface area contributed by atoms with Crippen molar-refractivity contribution in [3.63, 3.8) is 0 Å². The van der Waals surface area contributed by atoms with E-state index in [9.17, 15) is 5.11 Å². The Hall–Kier alpha value is -0.0800. The van der Waals surface area contributed by atoms with Crippen molar-refractivity contribution in [1.82, 2.24) is 0 Å². The van der Waals surface area contributed by atoms with Crippen molar-refractivity contribution in [2.45, 2.75) is 26.9 Å². The summed E-state index contributed by atoms with van der Waals surface area (Å²) in [6.07, 6.45) is -0.251. The van der Waals surface area contributed by atoms with Crippen molar-refractivity contribution >= 4 is 0 Å². The lowest BCUT2D eigenvalue weighted by Gasteiger charge is -2.36. The quantitative estimate of drug-likeness (QED) is 0.623. The normalized spacial score (nSPS) is 39.5. The third-order valence-electron chi connectivity index (χ3n) is 2.54. The van der Waals surface area contributed by atoms with E-state index in [1.165, 1.54) is 0 Å². The molecule has 0 aromatic carbocycles. The smallest absolute Gasteiger partial charge is 0.0807 e. The molecule has 1 rings (SSSR count). The van der Waals surface area contributed by atoms with Crippen LogP contribution in [0.4, 0.5) is 0 Å². The molecule has 0 aliphatic carbocycles. The summed E-state index contributed by atoms with van der Waals surface area (Å²) in [5.41, 5.74) is 0. The first kappa shape index (κ1) is 9.01. The van der Waals surface area contributed by atoms with Crippen LogP contribution >= 0.6 is 0 Å². The molecule has 1 aliphatic heterocycles. The number of ether oxygens (including phenoxy) is 1. The van der Waals surface area contributed by atoms with Gasteiger partial charge in [0, 0.05) is 6.61 Å². The number of hydrogen-bond donors (Lipinski definition) is 1. The summed E-state index contributed by atoms with van der Waals surface area (Å²) in [6, 6.07) is 0. The summed E-state index contributed by atoms with van der Waals surface area (Å²) in [4.78, 5) is 0. The molecule has 0 spiro atoms. The Labute approximate surface area is 68.6 Å². The van der Waals surface area contributed by atoms with Crippen LogP contribution in [-0.4, -0.2) is 24.4 Å². The van der Waals surface area contributed by atoms with E-state index >= 15 is 0 Å². The Balaban J connectivity index is 2.55. The van der Waals surface area contributed by atoms with E-state index in [1.54, 1.807) is 0 Å². The standard InChI is InChI=1S/C9H18O2/c1-6(2)9-7(3)4-11-5-8(9)10/h6-10H,4-5H2,1-3H3/t7-,8?,9?/m1/s1. The fourth-order valence-corrected chi connectivity index (χ4v) is 2.08. The second-order valence-corrected chi connectivity index (χ2v) is 3.90. The van der Waals surface area contributed by atoms with Crippen molar-refractivity contribution in [2.75, 3.05) is 13.2 Å². The maximum atomic E-state index is 9.58. The van der Waals surface area contributed by atoms with Gasteiger partial charge in [-0.05, 0) is 17.8 Å². The van der Waals surface area contributed by atoms with Gasteiger partial charge in [0.15, 0.2) is 0 Å². The van der Waals surface area contributed by atoms with Gasteiger partial charge in [-0.3, -0.25) is 0 Å². The SMILES string of the molecule is CC(C)C1C(O)COC[C@H]1C. The molecule has 0 bridgehead atoms. The predicted octanol–water partition coefficient (Wildman–Crippen LogP) is 1.29. The Kier molecular flexibility index (Phi) is 2.90. The second kappa shape index (κ2) is 3.55. The van der Waals surface area contributed by atoms with Gasteiger partial charge in [-0.15, -0.1) is 0 Å². The van der Waals surface area contributed by atoms with Crippen molar-refractivity contribution in [3.05, 3.63) is 0 Å². The molecule has 1 heterocycles. The summed E-state index contributed by atoms with van der Waals surface area (Å²) in [5.74, 6) is 1.48. The van der Waals surface area contributed by atoms with Gasteiger partial charge < -0.3 is 9.84 Å². The first-order valence-electron chi connectivity index (χ1n) is 4.38. The second-order valence-electron chi connectivity index (χ2n) is 3.90. The third-order valence-corrected chi connectivity index (χ3v) is 2.54. The van der Waals surface area contributed by atoms with Crippen LogP contribution < -0.4 is 0 Å². The van der Waals surface area contributed by atoms with Gasteiger partial charge in [-0.25, -0.2) is 0 Å². The van der Waals surface area contributed by atoms with E-state index in [-0.39, 0.29) is 6.10 Å². The fraction of sp³-hybridized carbons (Fsp3) is 1.00. The van der Waals surface area contributed by atoms with E-state index < -0.39 is 0 Å². The van der Waals surface area contributed by atoms with E-state index in [0.717, 1.165) is 6.61 Å². The molecule has 2 heteroatoms. The maximum Gasteiger partial charge on any atom is 0.0807 e. The molecular weight excluding hydrogens is 140 g/mol. The first-order chi connectivity index (χ1) is 5.13. The Morgan fingerprint density at radius 2 is 2.00 bits per heavy atom. The number of hydrogen-bond acceptors (Lipinski definition) is 2. The Morgan fingerprint density at radius 3 is 2.36 bits per heavy atom. The monoisotopic (exact) mass is 158 g/mol. The average Bonchev–Trinajstić information content (AvgIpc) is 1.85. The average molecular weight is 158 g/mol. The van der Waals surface area contributed by atoms with Crippen molar-refractivity contribution in [2.24, 2.45) is 17.8 Å². The largest absolute Gasteiger partial charge is 0.390 e. The Bertz CT molecular complexity index is 113. The lowest BCUT2D eigenvalue weighted by atomic mass is 9.79. The minimum absolute atomic E-state index is 0.251. The van der Waals surface area contributed by atoms with Crippen LogP contribution in [0.3, 0.4) is 0 Å². The van der Waals surface area contributed by atoms with Gasteiger partial charge in [0.25, 0.3) is 0 Å². The zero-order chi connectivity index (χ0) is 8.43. The van der Waals surface area contributed by atoms with Gasteiger partial charge >= 0.3 is 0 Å². The summed E-state index contributed by atoms with van der Waals surface area (Å²) in [5, 5.41) is 9.58. The van der Waals surface area contributed by atoms with Crippen molar-refractivity contribution < 1.29 is 9.84 Å². The fourth-order valence-electron chi connectivity index (χ4n) is 2.08. The molecule has 1 fully saturated rings. The highest BCUT2D eigenvalue weighted by Gasteiger charge is 2.31. The molecule has 1 aliphatic rings. The minimum Gasteiger partial charge on any atom is -0.390 e. The highest BCUT2D eigenvalue weighted by Crippen LogP contribution is 2.28. The summed E-state index contributed by atoms with van der Waals surface area (Å²) < 4.78 is 5.22. The highest BCUT2D eigenvalue weighted by atomic mass is 16.5. The van der Waals surface area contributed by atoms with Crippen LogP contribution in [-0.2, 0) is 4.74 Å². The minimum atomic E-state index is -0.251. The molecule has 0 radical (unpaired) electrons. The molecule has 2 unspecified atom stereocenters. The van der Waals surface area contributed by atoms with Gasteiger partial charge in [0.05, 0.1) is 12.7 Å². The summed E-state index contributed by atoms with van der Waals surface area (Å²) in [7, 11) is 0. The van der Waals surface area contributed by atoms with Gasteiger partial charge in [-0.2, -0.15) is 0 Å². The molecule has 66 valence electrons. The molecule has 2 nitrogen and oxygen atoms in total. The Morgan fingerprint density at radius 1 is 1.36 bits per heavy atom. The summed E-state index contributed by atoms with van der Waals surface area (Å²) >= 11 is 0. The third kappa shape index (κ3) is 1.94. The van der Waals surface area contributed by atoms with Crippen LogP contribution in [0.2, 0.25) is 0 Å². The zero-order valence-corrected chi connectivity index (χ0v) is 7.58. The molecule has 0 amide bonds. The van der Waals surface area contributed by atoms with Gasteiger partial charge in [0.1, 0.15) is 0 Å². The number of aliphatic hydroxyl groups is 1. The molecule has 3 atom stereocenters. The molecule has 0 aromatic heterocycles. The van der Waals surface area contributed by atoms with E-state index in [4.69, 9.17) is 4.74 Å². The lowest BCUT2D eigenvalue weighted by Crippen LogP contribution is -2.41. The van der Waals surface area contributed by atoms with E-state index in [1.807, 2.05) is 0 Å². The molecule has 1 saturated heterocycles. The van der Waals surface area contributed by atoms with Crippen molar-refractivity contribution in [1.29, 1.82) is 0 Å². The lowest BCUT2D eigenvalue weighted by molar-refractivity contribution is -0.0880. The van der Waals surface area contributed by atoms with Crippen LogP contribution in [0.5, 0.6) is 0 Å². The molecule has 0 saturated carbocycles. The predicted molar refractivity (Wildman–Crippen MR) is 44.3 cm³/mol. The molecule has 1 N–H and O–H groups in total. The van der Waals surface area contributed by atoms with E-state index in [2.05, 4.69) is 20.8 Å².